The van der Waals surface area contributed by atoms with E-state index in [1.807, 2.05) is 32.9 Å². The molecule has 0 saturated heterocycles. The van der Waals surface area contributed by atoms with Crippen molar-refractivity contribution in [3.63, 3.8) is 0 Å². The maximum Gasteiger partial charge on any atom is 0.264 e. The van der Waals surface area contributed by atoms with Crippen LogP contribution in [0.5, 0.6) is 0 Å². The van der Waals surface area contributed by atoms with Crippen LogP contribution in [0.25, 0.3) is 0 Å². The van der Waals surface area contributed by atoms with Crippen molar-refractivity contribution in [3.8, 4) is 0 Å². The SMILES string of the molecule is CCc1ccc(N(CC(=O)N(Cc2ccccc2F)C(C)C(=O)NC(C)CC)S(=O)(=O)c2ccccc2)cc1. The lowest BCUT2D eigenvalue weighted by molar-refractivity contribution is -0.139. The molecule has 0 fully saturated rings. The second-order valence-electron chi connectivity index (χ2n) is 9.45. The summed E-state index contributed by atoms with van der Waals surface area (Å²) in [6, 6.07) is 19.7. The summed E-state index contributed by atoms with van der Waals surface area (Å²) in [5.41, 5.74) is 1.55. The molecule has 0 aliphatic rings. The van der Waals surface area contributed by atoms with Crippen molar-refractivity contribution in [1.82, 2.24) is 10.2 Å². The fourth-order valence-electron chi connectivity index (χ4n) is 4.00. The molecule has 3 aromatic carbocycles. The molecule has 9 heteroatoms. The third-order valence-corrected chi connectivity index (χ3v) is 8.50. The zero-order valence-corrected chi connectivity index (χ0v) is 23.6. The van der Waals surface area contributed by atoms with Gasteiger partial charge in [0.1, 0.15) is 18.4 Å². The maximum atomic E-state index is 14.6. The first-order valence-corrected chi connectivity index (χ1v) is 14.5. The van der Waals surface area contributed by atoms with E-state index in [4.69, 9.17) is 0 Å². The van der Waals surface area contributed by atoms with E-state index in [0.717, 1.165) is 16.3 Å². The van der Waals surface area contributed by atoms with Crippen molar-refractivity contribution < 1.29 is 22.4 Å². The summed E-state index contributed by atoms with van der Waals surface area (Å²) in [6.07, 6.45) is 1.46. The average Bonchev–Trinajstić information content (AvgIpc) is 2.95. The first kappa shape index (κ1) is 29.8. The van der Waals surface area contributed by atoms with Gasteiger partial charge in [-0.3, -0.25) is 13.9 Å². The molecule has 1 N–H and O–H groups in total. The van der Waals surface area contributed by atoms with E-state index in [1.165, 1.54) is 35.2 Å². The summed E-state index contributed by atoms with van der Waals surface area (Å²) >= 11 is 0. The molecule has 0 aliphatic heterocycles. The fourth-order valence-corrected chi connectivity index (χ4v) is 5.44. The minimum absolute atomic E-state index is 0.0283. The first-order valence-electron chi connectivity index (χ1n) is 13.1. The lowest BCUT2D eigenvalue weighted by Gasteiger charge is -2.32. The van der Waals surface area contributed by atoms with E-state index in [1.54, 1.807) is 43.3 Å². The van der Waals surface area contributed by atoms with Crippen molar-refractivity contribution >= 4 is 27.5 Å². The topological polar surface area (TPSA) is 86.8 Å². The summed E-state index contributed by atoms with van der Waals surface area (Å²) in [7, 11) is -4.14. The number of anilines is 1. The number of nitrogens with one attached hydrogen (secondary N) is 1. The Morgan fingerprint density at radius 3 is 2.10 bits per heavy atom. The molecular formula is C30H36FN3O4S. The van der Waals surface area contributed by atoms with Crippen molar-refractivity contribution in [3.05, 3.63) is 95.8 Å². The summed E-state index contributed by atoms with van der Waals surface area (Å²) in [6.45, 7) is 6.55. The van der Waals surface area contributed by atoms with Gasteiger partial charge in [0.2, 0.25) is 11.8 Å². The number of amides is 2. The van der Waals surface area contributed by atoms with Gasteiger partial charge in [-0.2, -0.15) is 0 Å². The Morgan fingerprint density at radius 2 is 1.51 bits per heavy atom. The summed E-state index contributed by atoms with van der Waals surface area (Å²) in [5.74, 6) is -1.56. The van der Waals surface area contributed by atoms with Gasteiger partial charge in [-0.25, -0.2) is 12.8 Å². The van der Waals surface area contributed by atoms with Crippen molar-refractivity contribution in [2.45, 2.75) is 64.1 Å². The number of rotatable bonds is 12. The highest BCUT2D eigenvalue weighted by atomic mass is 32.2. The van der Waals surface area contributed by atoms with Crippen LogP contribution in [0.2, 0.25) is 0 Å². The number of aryl methyl sites for hydroxylation is 1. The Kier molecular flexibility index (Phi) is 10.2. The van der Waals surface area contributed by atoms with Gasteiger partial charge in [-0.1, -0.05) is 62.4 Å². The maximum absolute atomic E-state index is 14.6. The molecule has 0 saturated carbocycles. The molecule has 7 nitrogen and oxygen atoms in total. The van der Waals surface area contributed by atoms with E-state index in [-0.39, 0.29) is 23.0 Å². The van der Waals surface area contributed by atoms with Crippen LogP contribution in [0.1, 0.15) is 45.2 Å². The molecule has 2 unspecified atom stereocenters. The monoisotopic (exact) mass is 553 g/mol. The summed E-state index contributed by atoms with van der Waals surface area (Å²) < 4.78 is 43.2. The second-order valence-corrected chi connectivity index (χ2v) is 11.3. The smallest absolute Gasteiger partial charge is 0.264 e. The van der Waals surface area contributed by atoms with Crippen molar-refractivity contribution in [1.29, 1.82) is 0 Å². The highest BCUT2D eigenvalue weighted by Gasteiger charge is 2.33. The second kappa shape index (κ2) is 13.4. The van der Waals surface area contributed by atoms with Gasteiger partial charge >= 0.3 is 0 Å². The van der Waals surface area contributed by atoms with E-state index in [9.17, 15) is 22.4 Å². The van der Waals surface area contributed by atoms with Gasteiger partial charge < -0.3 is 10.2 Å². The third-order valence-electron chi connectivity index (χ3n) is 6.71. The molecule has 0 radical (unpaired) electrons. The number of carbonyl (C=O) groups excluding carboxylic acids is 2. The predicted octanol–water partition coefficient (Wildman–Crippen LogP) is 4.92. The molecule has 0 aromatic heterocycles. The van der Waals surface area contributed by atoms with Crippen LogP contribution < -0.4 is 9.62 Å². The molecule has 3 aromatic rings. The van der Waals surface area contributed by atoms with Crippen LogP contribution in [0, 0.1) is 5.82 Å². The molecule has 2 atom stereocenters. The number of halogens is 1. The van der Waals surface area contributed by atoms with Gasteiger partial charge in [0.25, 0.3) is 10.0 Å². The van der Waals surface area contributed by atoms with Crippen molar-refractivity contribution in [2.24, 2.45) is 0 Å². The minimum Gasteiger partial charge on any atom is -0.352 e. The Hall–Kier alpha value is -3.72. The number of hydrogen-bond acceptors (Lipinski definition) is 4. The Balaban J connectivity index is 2.02. The Labute approximate surface area is 230 Å². The van der Waals surface area contributed by atoms with Crippen LogP contribution in [0.15, 0.2) is 83.8 Å². The molecule has 39 heavy (non-hydrogen) atoms. The minimum atomic E-state index is -4.14. The number of carbonyl (C=O) groups is 2. The molecule has 0 aliphatic carbocycles. The average molecular weight is 554 g/mol. The largest absolute Gasteiger partial charge is 0.352 e. The third kappa shape index (κ3) is 7.44. The number of benzene rings is 3. The van der Waals surface area contributed by atoms with Gasteiger partial charge in [-0.05, 0) is 62.6 Å². The summed E-state index contributed by atoms with van der Waals surface area (Å²) in [4.78, 5) is 28.2. The highest BCUT2D eigenvalue weighted by Crippen LogP contribution is 2.25. The van der Waals surface area contributed by atoms with Crippen LogP contribution in [0.3, 0.4) is 0 Å². The van der Waals surface area contributed by atoms with E-state index < -0.39 is 40.2 Å². The zero-order chi connectivity index (χ0) is 28.6. The molecule has 0 bridgehead atoms. The van der Waals surface area contributed by atoms with E-state index in [0.29, 0.717) is 12.1 Å². The lowest BCUT2D eigenvalue weighted by atomic mass is 10.1. The lowest BCUT2D eigenvalue weighted by Crippen LogP contribution is -2.52. The molecule has 0 heterocycles. The fraction of sp³-hybridized carbons (Fsp3) is 0.333. The number of hydrogen-bond donors (Lipinski definition) is 1. The Bertz CT molecular complexity index is 1360. The molecule has 2 amide bonds. The highest BCUT2D eigenvalue weighted by molar-refractivity contribution is 7.92. The van der Waals surface area contributed by atoms with Crippen molar-refractivity contribution in [2.75, 3.05) is 10.8 Å². The van der Waals surface area contributed by atoms with Gasteiger partial charge in [-0.15, -0.1) is 0 Å². The first-order chi connectivity index (χ1) is 18.6. The molecule has 3 rings (SSSR count). The molecular weight excluding hydrogens is 517 g/mol. The Morgan fingerprint density at radius 1 is 0.897 bits per heavy atom. The van der Waals surface area contributed by atoms with Gasteiger partial charge in [0.15, 0.2) is 0 Å². The standard InChI is InChI=1S/C30H36FN3O4S/c1-5-22(3)32-30(36)23(4)33(20-25-12-10-11-15-28(25)31)29(35)21-34(26-18-16-24(6-2)17-19-26)39(37,38)27-13-8-7-9-14-27/h7-19,22-23H,5-6,20-21H2,1-4H3,(H,32,36). The van der Waals surface area contributed by atoms with E-state index in [2.05, 4.69) is 5.32 Å². The van der Waals surface area contributed by atoms with Crippen LogP contribution in [-0.4, -0.2) is 43.8 Å². The predicted molar refractivity (Wildman–Crippen MR) is 151 cm³/mol. The quantitative estimate of drug-likeness (QED) is 0.345. The van der Waals surface area contributed by atoms with E-state index >= 15 is 0 Å². The van der Waals surface area contributed by atoms with Crippen LogP contribution >= 0.6 is 0 Å². The van der Waals surface area contributed by atoms with Gasteiger partial charge in [0, 0.05) is 18.2 Å². The molecule has 0 spiro atoms. The normalized spacial score (nSPS) is 12.8. The zero-order valence-electron chi connectivity index (χ0n) is 22.8. The number of nitrogens with zero attached hydrogens (tertiary/aromatic N) is 2. The van der Waals surface area contributed by atoms with Gasteiger partial charge in [0.05, 0.1) is 10.6 Å². The molecule has 208 valence electrons. The summed E-state index contributed by atoms with van der Waals surface area (Å²) in [5, 5.41) is 2.86. The van der Waals surface area contributed by atoms with Crippen LogP contribution in [-0.2, 0) is 32.6 Å². The van der Waals surface area contributed by atoms with Crippen LogP contribution in [0.4, 0.5) is 10.1 Å². The number of sulfonamides is 1.